The number of hydrogen-bond acceptors (Lipinski definition) is 5. The largest absolute Gasteiger partial charge is 0.341 e. The second kappa shape index (κ2) is 7.65. The topological polar surface area (TPSA) is 72.9 Å². The molecule has 2 aromatic carbocycles. The minimum atomic E-state index is -0.500. The van der Waals surface area contributed by atoms with Gasteiger partial charge in [-0.1, -0.05) is 47.5 Å². The van der Waals surface area contributed by atoms with Crippen molar-refractivity contribution in [2.45, 2.75) is 25.3 Å². The lowest BCUT2D eigenvalue weighted by Gasteiger charge is -2.42. The first-order valence-corrected chi connectivity index (χ1v) is 11.6. The molecule has 3 heterocycles. The Balaban J connectivity index is 1.25. The fourth-order valence-electron chi connectivity index (χ4n) is 5.28. The molecular weight excluding hydrogens is 462 g/mol. The molecule has 33 heavy (non-hydrogen) atoms. The molecule has 0 amide bonds. The molecule has 1 atom stereocenters. The van der Waals surface area contributed by atoms with E-state index >= 15 is 0 Å². The lowest BCUT2D eigenvalue weighted by Crippen LogP contribution is -2.44. The summed E-state index contributed by atoms with van der Waals surface area (Å²) in [6, 6.07) is 11.0. The molecule has 2 aromatic heterocycles. The third kappa shape index (κ3) is 3.38. The maximum atomic E-state index is 13.6. The highest BCUT2D eigenvalue weighted by Gasteiger charge is 2.46. The summed E-state index contributed by atoms with van der Waals surface area (Å²) in [6.07, 6.45) is 6.48. The molecule has 4 aromatic rings. The molecule has 1 spiro atoms. The van der Waals surface area contributed by atoms with Crippen molar-refractivity contribution in [1.29, 1.82) is 0 Å². The first-order valence-electron chi connectivity index (χ1n) is 10.9. The summed E-state index contributed by atoms with van der Waals surface area (Å²) < 4.78 is 15.1. The van der Waals surface area contributed by atoms with Gasteiger partial charge in [0.1, 0.15) is 11.5 Å². The lowest BCUT2D eigenvalue weighted by atomic mass is 9.73. The molecule has 6 rings (SSSR count). The molecule has 1 saturated heterocycles. The molecule has 1 fully saturated rings. The van der Waals surface area contributed by atoms with Crippen LogP contribution in [0.3, 0.4) is 0 Å². The van der Waals surface area contributed by atoms with Gasteiger partial charge in [-0.2, -0.15) is 4.98 Å². The normalized spacial score (nSPS) is 19.4. The van der Waals surface area contributed by atoms with Gasteiger partial charge in [-0.15, -0.1) is 5.10 Å². The average molecular weight is 483 g/mol. The first-order chi connectivity index (χ1) is 15.9. The van der Waals surface area contributed by atoms with E-state index in [9.17, 15) is 4.39 Å². The molecule has 1 aliphatic carbocycles. The van der Waals surface area contributed by atoms with Crippen molar-refractivity contribution in [2.75, 3.05) is 18.0 Å². The van der Waals surface area contributed by atoms with Gasteiger partial charge in [0.15, 0.2) is 5.65 Å². The van der Waals surface area contributed by atoms with Gasteiger partial charge in [0.25, 0.3) is 0 Å². The maximum Gasteiger partial charge on any atom is 0.227 e. The summed E-state index contributed by atoms with van der Waals surface area (Å²) in [7, 11) is 0. The van der Waals surface area contributed by atoms with Gasteiger partial charge in [0.05, 0.1) is 15.4 Å². The van der Waals surface area contributed by atoms with E-state index in [0.717, 1.165) is 37.7 Å². The van der Waals surface area contributed by atoms with Crippen LogP contribution in [0.15, 0.2) is 48.8 Å². The monoisotopic (exact) mass is 482 g/mol. The minimum Gasteiger partial charge on any atom is -0.341 e. The number of benzene rings is 2. The van der Waals surface area contributed by atoms with E-state index in [1.54, 1.807) is 12.4 Å². The zero-order chi connectivity index (χ0) is 22.7. The van der Waals surface area contributed by atoms with Crippen molar-refractivity contribution in [3.63, 3.8) is 0 Å². The highest BCUT2D eigenvalue weighted by Crippen LogP contribution is 2.50. The van der Waals surface area contributed by atoms with Crippen LogP contribution in [0.25, 0.3) is 16.7 Å². The number of nitrogens with two attached hydrogens (primary N) is 1. The van der Waals surface area contributed by atoms with Crippen LogP contribution in [0.2, 0.25) is 10.0 Å². The predicted molar refractivity (Wildman–Crippen MR) is 128 cm³/mol. The van der Waals surface area contributed by atoms with E-state index in [0.29, 0.717) is 17.3 Å². The summed E-state index contributed by atoms with van der Waals surface area (Å²) in [5.74, 6) is 0.142. The van der Waals surface area contributed by atoms with Crippen LogP contribution in [-0.2, 0) is 6.42 Å². The molecule has 2 N–H and O–H groups in total. The predicted octanol–water partition coefficient (Wildman–Crippen LogP) is 5.10. The summed E-state index contributed by atoms with van der Waals surface area (Å²) in [5, 5.41) is 5.63. The number of nitrogens with zero attached hydrogens (tertiary/aromatic N) is 5. The molecule has 6 nitrogen and oxygen atoms in total. The Kier molecular flexibility index (Phi) is 4.83. The van der Waals surface area contributed by atoms with Crippen LogP contribution in [0.4, 0.5) is 10.3 Å². The number of anilines is 1. The van der Waals surface area contributed by atoms with Crippen molar-refractivity contribution in [1.82, 2.24) is 19.7 Å². The second-order valence-corrected chi connectivity index (χ2v) is 9.76. The van der Waals surface area contributed by atoms with E-state index < -0.39 is 5.82 Å². The number of rotatable bonds is 2. The standard InChI is InChI=1S/C24H21Cl2FN6/c25-18-9-16(27)10-19(26)20(18)33-13-15-12-29-23(30-22(15)31-33)32-7-5-24(6-8-32)11-14-3-1-2-4-17(14)21(24)28/h1-4,9-10,12-13,21H,5-8,11,28H2/t21-/m1/s1. The van der Waals surface area contributed by atoms with Crippen LogP contribution >= 0.6 is 23.2 Å². The lowest BCUT2D eigenvalue weighted by molar-refractivity contribution is 0.187. The van der Waals surface area contributed by atoms with Crippen LogP contribution < -0.4 is 10.6 Å². The molecule has 1 aliphatic heterocycles. The Labute approximate surface area is 200 Å². The van der Waals surface area contributed by atoms with Gasteiger partial charge in [0, 0.05) is 31.5 Å². The van der Waals surface area contributed by atoms with Crippen molar-refractivity contribution < 1.29 is 4.39 Å². The molecule has 168 valence electrons. The van der Waals surface area contributed by atoms with Gasteiger partial charge >= 0.3 is 0 Å². The van der Waals surface area contributed by atoms with Gasteiger partial charge in [0.2, 0.25) is 5.95 Å². The highest BCUT2D eigenvalue weighted by molar-refractivity contribution is 6.37. The Hall–Kier alpha value is -2.74. The van der Waals surface area contributed by atoms with Crippen molar-refractivity contribution in [2.24, 2.45) is 11.1 Å². The van der Waals surface area contributed by atoms with Crippen LogP contribution in [-0.4, -0.2) is 32.8 Å². The Morgan fingerprint density at radius 2 is 1.82 bits per heavy atom. The fraction of sp³-hybridized carbons (Fsp3) is 0.292. The zero-order valence-electron chi connectivity index (χ0n) is 17.7. The maximum absolute atomic E-state index is 13.6. The molecule has 0 bridgehead atoms. The van der Waals surface area contributed by atoms with Gasteiger partial charge in [-0.25, -0.2) is 14.1 Å². The molecule has 9 heteroatoms. The Morgan fingerprint density at radius 1 is 1.09 bits per heavy atom. The third-order valence-electron chi connectivity index (χ3n) is 7.09. The Morgan fingerprint density at radius 3 is 2.55 bits per heavy atom. The van der Waals surface area contributed by atoms with E-state index in [1.165, 1.54) is 27.9 Å². The second-order valence-electron chi connectivity index (χ2n) is 8.94. The summed E-state index contributed by atoms with van der Waals surface area (Å²) in [4.78, 5) is 11.5. The zero-order valence-corrected chi connectivity index (χ0v) is 19.2. The summed E-state index contributed by atoms with van der Waals surface area (Å²) in [5.41, 5.74) is 10.4. The third-order valence-corrected chi connectivity index (χ3v) is 7.67. The SMILES string of the molecule is N[C@@H]1c2ccccc2CC12CCN(c1ncc3cn(-c4c(Cl)cc(F)cc4Cl)nc3n1)CC2. The quantitative estimate of drug-likeness (QED) is 0.429. The van der Waals surface area contributed by atoms with Crippen molar-refractivity contribution in [3.05, 3.63) is 75.8 Å². The highest BCUT2D eigenvalue weighted by atomic mass is 35.5. The molecule has 2 aliphatic rings. The molecule has 0 unspecified atom stereocenters. The van der Waals surface area contributed by atoms with Crippen LogP contribution in [0.1, 0.15) is 30.0 Å². The molecular formula is C24H21Cl2FN6. The fourth-order valence-corrected chi connectivity index (χ4v) is 5.92. The number of piperidine rings is 1. The van der Waals surface area contributed by atoms with Gasteiger partial charge in [-0.05, 0) is 47.9 Å². The van der Waals surface area contributed by atoms with Gasteiger partial charge < -0.3 is 10.6 Å². The van der Waals surface area contributed by atoms with Crippen molar-refractivity contribution in [3.8, 4) is 5.69 Å². The number of fused-ring (bicyclic) bond motifs is 2. The van der Waals surface area contributed by atoms with E-state index in [-0.39, 0.29) is 21.5 Å². The summed E-state index contributed by atoms with van der Waals surface area (Å²) >= 11 is 12.4. The number of aromatic nitrogens is 4. The Bertz CT molecular complexity index is 1360. The smallest absolute Gasteiger partial charge is 0.227 e. The van der Waals surface area contributed by atoms with E-state index in [1.807, 2.05) is 0 Å². The van der Waals surface area contributed by atoms with Gasteiger partial charge in [-0.3, -0.25) is 0 Å². The number of hydrogen-bond donors (Lipinski definition) is 1. The summed E-state index contributed by atoms with van der Waals surface area (Å²) in [6.45, 7) is 1.67. The average Bonchev–Trinajstić information content (AvgIpc) is 3.32. The number of halogens is 3. The van der Waals surface area contributed by atoms with Crippen LogP contribution in [0, 0.1) is 11.2 Å². The molecule has 0 radical (unpaired) electrons. The van der Waals surface area contributed by atoms with Crippen molar-refractivity contribution >= 4 is 40.2 Å². The molecule has 0 saturated carbocycles. The van der Waals surface area contributed by atoms with Crippen LogP contribution in [0.5, 0.6) is 0 Å². The minimum absolute atomic E-state index is 0.0696. The van der Waals surface area contributed by atoms with E-state index in [2.05, 4.69) is 44.2 Å². The first kappa shape index (κ1) is 20.8. The van der Waals surface area contributed by atoms with E-state index in [4.69, 9.17) is 28.9 Å².